The van der Waals surface area contributed by atoms with Gasteiger partial charge in [0, 0.05) is 10.0 Å². The molecule has 0 heterocycles. The molecule has 106 valence electrons. The maximum Gasteiger partial charge on any atom is 0.128 e. The van der Waals surface area contributed by atoms with E-state index in [-0.39, 0.29) is 11.9 Å². The van der Waals surface area contributed by atoms with Crippen LogP contribution in [-0.2, 0) is 6.42 Å². The zero-order chi connectivity index (χ0) is 14.5. The molecule has 0 aliphatic rings. The Bertz CT molecular complexity index is 592. The molecule has 5 heteroatoms. The molecule has 2 aromatic rings. The second-order valence-electron chi connectivity index (χ2n) is 4.40. The number of nitrogens with one attached hydrogen (secondary N) is 1. The molecule has 0 bridgehead atoms. The lowest BCUT2D eigenvalue weighted by atomic mass is 9.98. The number of rotatable bonds is 5. The van der Waals surface area contributed by atoms with Crippen LogP contribution in [-0.4, -0.2) is 7.11 Å². The smallest absolute Gasteiger partial charge is 0.128 e. The van der Waals surface area contributed by atoms with Crippen molar-refractivity contribution in [3.8, 4) is 5.75 Å². The van der Waals surface area contributed by atoms with E-state index in [2.05, 4.69) is 21.4 Å². The first-order chi connectivity index (χ1) is 9.65. The van der Waals surface area contributed by atoms with Gasteiger partial charge in [0.25, 0.3) is 0 Å². The number of hydrogen-bond donors (Lipinski definition) is 2. The monoisotopic (exact) mass is 338 g/mol. The van der Waals surface area contributed by atoms with Crippen molar-refractivity contribution in [2.45, 2.75) is 12.5 Å². The van der Waals surface area contributed by atoms with E-state index in [1.807, 2.05) is 24.3 Å². The standard InChI is InChI=1S/C15H16BrFN2O/c1-20-15-5-3-2-4-10(15)8-14(19-18)12-9-11(16)6-7-13(12)17/h2-7,9,14,19H,8,18H2,1H3. The van der Waals surface area contributed by atoms with Gasteiger partial charge in [0.1, 0.15) is 11.6 Å². The number of halogens is 2. The highest BCUT2D eigenvalue weighted by atomic mass is 79.9. The van der Waals surface area contributed by atoms with Crippen molar-refractivity contribution < 1.29 is 9.13 Å². The maximum atomic E-state index is 13.9. The topological polar surface area (TPSA) is 47.3 Å². The molecule has 1 atom stereocenters. The Labute approximate surface area is 126 Å². The van der Waals surface area contributed by atoms with E-state index >= 15 is 0 Å². The summed E-state index contributed by atoms with van der Waals surface area (Å²) in [6, 6.07) is 12.1. The summed E-state index contributed by atoms with van der Waals surface area (Å²) >= 11 is 3.35. The molecule has 0 fully saturated rings. The van der Waals surface area contributed by atoms with E-state index < -0.39 is 0 Å². The van der Waals surface area contributed by atoms with Crippen molar-refractivity contribution in [1.82, 2.24) is 5.43 Å². The van der Waals surface area contributed by atoms with Gasteiger partial charge in [-0.3, -0.25) is 11.3 Å². The highest BCUT2D eigenvalue weighted by Crippen LogP contribution is 2.27. The van der Waals surface area contributed by atoms with Crippen LogP contribution < -0.4 is 16.0 Å². The van der Waals surface area contributed by atoms with Crippen LogP contribution in [0.5, 0.6) is 5.75 Å². The molecule has 2 rings (SSSR count). The predicted octanol–water partition coefficient (Wildman–Crippen LogP) is 3.34. The maximum absolute atomic E-state index is 13.9. The Balaban J connectivity index is 2.31. The molecule has 0 saturated carbocycles. The first-order valence-corrected chi connectivity index (χ1v) is 6.98. The number of ether oxygens (including phenoxy) is 1. The highest BCUT2D eigenvalue weighted by molar-refractivity contribution is 9.10. The van der Waals surface area contributed by atoms with Crippen LogP contribution in [0.1, 0.15) is 17.2 Å². The molecule has 1 unspecified atom stereocenters. The molecule has 0 saturated heterocycles. The van der Waals surface area contributed by atoms with Crippen molar-refractivity contribution >= 4 is 15.9 Å². The number of hydrogen-bond acceptors (Lipinski definition) is 3. The first kappa shape index (κ1) is 15.0. The van der Waals surface area contributed by atoms with Crippen molar-refractivity contribution in [1.29, 1.82) is 0 Å². The minimum Gasteiger partial charge on any atom is -0.496 e. The Hall–Kier alpha value is -1.43. The molecular formula is C15H16BrFN2O. The van der Waals surface area contributed by atoms with E-state index in [9.17, 15) is 4.39 Å². The lowest BCUT2D eigenvalue weighted by Gasteiger charge is -2.19. The van der Waals surface area contributed by atoms with Gasteiger partial charge in [-0.15, -0.1) is 0 Å². The summed E-state index contributed by atoms with van der Waals surface area (Å²) in [6.45, 7) is 0. The summed E-state index contributed by atoms with van der Waals surface area (Å²) in [4.78, 5) is 0. The Morgan fingerprint density at radius 1 is 1.30 bits per heavy atom. The van der Waals surface area contributed by atoms with Gasteiger partial charge >= 0.3 is 0 Å². The molecule has 2 aromatic carbocycles. The van der Waals surface area contributed by atoms with Crippen LogP contribution in [0.2, 0.25) is 0 Å². The molecule has 20 heavy (non-hydrogen) atoms. The first-order valence-electron chi connectivity index (χ1n) is 6.18. The zero-order valence-electron chi connectivity index (χ0n) is 11.1. The zero-order valence-corrected chi connectivity index (χ0v) is 12.7. The van der Waals surface area contributed by atoms with Crippen LogP contribution in [0.15, 0.2) is 46.9 Å². The molecule has 0 radical (unpaired) electrons. The Morgan fingerprint density at radius 3 is 2.75 bits per heavy atom. The van der Waals surface area contributed by atoms with Gasteiger partial charge in [-0.25, -0.2) is 4.39 Å². The molecule has 0 amide bonds. The highest BCUT2D eigenvalue weighted by Gasteiger charge is 2.17. The van der Waals surface area contributed by atoms with E-state index in [0.29, 0.717) is 12.0 Å². The van der Waals surface area contributed by atoms with Crippen molar-refractivity contribution in [3.05, 3.63) is 63.9 Å². The second-order valence-corrected chi connectivity index (χ2v) is 5.32. The molecule has 3 N–H and O–H groups in total. The SMILES string of the molecule is COc1ccccc1CC(NN)c1cc(Br)ccc1F. The van der Waals surface area contributed by atoms with Crippen LogP contribution in [0.4, 0.5) is 4.39 Å². The predicted molar refractivity (Wildman–Crippen MR) is 80.9 cm³/mol. The summed E-state index contributed by atoms with van der Waals surface area (Å²) in [5.74, 6) is 6.07. The number of hydrazine groups is 1. The summed E-state index contributed by atoms with van der Waals surface area (Å²) in [7, 11) is 1.61. The lowest BCUT2D eigenvalue weighted by molar-refractivity contribution is 0.404. The molecule has 0 aromatic heterocycles. The number of nitrogens with two attached hydrogens (primary N) is 1. The molecular weight excluding hydrogens is 323 g/mol. The van der Waals surface area contributed by atoms with E-state index in [0.717, 1.165) is 15.8 Å². The van der Waals surface area contributed by atoms with Gasteiger partial charge in [0.2, 0.25) is 0 Å². The number of benzene rings is 2. The largest absolute Gasteiger partial charge is 0.496 e. The van der Waals surface area contributed by atoms with Gasteiger partial charge in [0.05, 0.1) is 13.2 Å². The fraction of sp³-hybridized carbons (Fsp3) is 0.200. The van der Waals surface area contributed by atoms with Crippen LogP contribution in [0.3, 0.4) is 0 Å². The van der Waals surface area contributed by atoms with E-state index in [4.69, 9.17) is 10.6 Å². The average Bonchev–Trinajstić information content (AvgIpc) is 2.48. The van der Waals surface area contributed by atoms with Gasteiger partial charge in [0.15, 0.2) is 0 Å². The van der Waals surface area contributed by atoms with Crippen LogP contribution in [0, 0.1) is 5.82 Å². The quantitative estimate of drug-likeness (QED) is 0.649. The fourth-order valence-electron chi connectivity index (χ4n) is 2.13. The molecule has 0 aliphatic carbocycles. The summed E-state index contributed by atoms with van der Waals surface area (Å²) in [5.41, 5.74) is 4.16. The third-order valence-corrected chi connectivity index (χ3v) is 3.64. The van der Waals surface area contributed by atoms with Crippen molar-refractivity contribution in [2.24, 2.45) is 5.84 Å². The minimum atomic E-state index is -0.330. The van der Waals surface area contributed by atoms with Gasteiger partial charge < -0.3 is 4.74 Å². The third-order valence-electron chi connectivity index (χ3n) is 3.15. The van der Waals surface area contributed by atoms with Crippen LogP contribution >= 0.6 is 15.9 Å². The molecule has 0 aliphatic heterocycles. The minimum absolute atomic E-state index is 0.286. The van der Waals surface area contributed by atoms with Crippen molar-refractivity contribution in [2.75, 3.05) is 7.11 Å². The van der Waals surface area contributed by atoms with Gasteiger partial charge in [-0.1, -0.05) is 34.1 Å². The normalized spacial score (nSPS) is 12.2. The molecule has 3 nitrogen and oxygen atoms in total. The summed E-state index contributed by atoms with van der Waals surface area (Å²) < 4.78 is 20.1. The van der Waals surface area contributed by atoms with Crippen molar-refractivity contribution in [3.63, 3.8) is 0 Å². The van der Waals surface area contributed by atoms with E-state index in [1.165, 1.54) is 6.07 Å². The average molecular weight is 339 g/mol. The van der Waals surface area contributed by atoms with E-state index in [1.54, 1.807) is 19.2 Å². The summed E-state index contributed by atoms with van der Waals surface area (Å²) in [6.07, 6.45) is 0.536. The third kappa shape index (κ3) is 3.36. The van der Waals surface area contributed by atoms with Gasteiger partial charge in [-0.05, 0) is 36.2 Å². The van der Waals surface area contributed by atoms with Crippen LogP contribution in [0.25, 0.3) is 0 Å². The Morgan fingerprint density at radius 2 is 2.05 bits per heavy atom. The number of methoxy groups -OCH3 is 1. The lowest BCUT2D eigenvalue weighted by Crippen LogP contribution is -2.30. The molecule has 0 spiro atoms. The summed E-state index contributed by atoms with van der Waals surface area (Å²) in [5, 5.41) is 0. The van der Waals surface area contributed by atoms with Gasteiger partial charge in [-0.2, -0.15) is 0 Å². The Kier molecular flexibility index (Phi) is 5.11. The number of para-hydroxylation sites is 1. The fourth-order valence-corrected chi connectivity index (χ4v) is 2.51. The second kappa shape index (κ2) is 6.83.